The van der Waals surface area contributed by atoms with Crippen LogP contribution in [0.4, 0.5) is 6.01 Å². The zero-order chi connectivity index (χ0) is 18.0. The van der Waals surface area contributed by atoms with Crippen molar-refractivity contribution in [3.05, 3.63) is 29.3 Å². The first kappa shape index (κ1) is 17.8. The molecule has 134 valence electrons. The summed E-state index contributed by atoms with van der Waals surface area (Å²) in [5, 5.41) is 10.7. The van der Waals surface area contributed by atoms with E-state index in [1.54, 1.807) is 24.3 Å². The summed E-state index contributed by atoms with van der Waals surface area (Å²) in [4.78, 5) is 12.4. The summed E-state index contributed by atoms with van der Waals surface area (Å²) in [6, 6.07) is 6.94. The number of sulfonamides is 1. The van der Waals surface area contributed by atoms with Crippen molar-refractivity contribution in [2.45, 2.75) is 12.8 Å². The first-order chi connectivity index (χ1) is 11.8. The molecule has 1 N–H and O–H groups in total. The highest BCUT2D eigenvalue weighted by Gasteiger charge is 2.30. The van der Waals surface area contributed by atoms with E-state index in [0.717, 1.165) is 6.26 Å². The number of piperidine rings is 1. The number of rotatable bonds is 4. The van der Waals surface area contributed by atoms with Gasteiger partial charge in [0.15, 0.2) is 0 Å². The Kier molecular flexibility index (Phi) is 5.07. The smallest absolute Gasteiger partial charge is 0.322 e. The van der Waals surface area contributed by atoms with Gasteiger partial charge in [-0.15, -0.1) is 5.10 Å². The molecular weight excluding hydrogens is 368 g/mol. The molecule has 2 heterocycles. The van der Waals surface area contributed by atoms with Crippen LogP contribution < -0.4 is 5.32 Å². The average molecular weight is 385 g/mol. The number of anilines is 1. The van der Waals surface area contributed by atoms with Gasteiger partial charge in [0.05, 0.1) is 22.8 Å². The Labute approximate surface area is 150 Å². The van der Waals surface area contributed by atoms with Gasteiger partial charge in [0, 0.05) is 13.1 Å². The van der Waals surface area contributed by atoms with E-state index < -0.39 is 15.9 Å². The second-order valence-corrected chi connectivity index (χ2v) is 8.23. The minimum Gasteiger partial charge on any atom is -0.403 e. The summed E-state index contributed by atoms with van der Waals surface area (Å²) < 4.78 is 30.0. The van der Waals surface area contributed by atoms with Gasteiger partial charge in [0.1, 0.15) is 0 Å². The summed E-state index contributed by atoms with van der Waals surface area (Å²) in [6.07, 6.45) is 2.37. The Morgan fingerprint density at radius 3 is 2.84 bits per heavy atom. The highest BCUT2D eigenvalue weighted by atomic mass is 35.5. The van der Waals surface area contributed by atoms with Gasteiger partial charge in [0.25, 0.3) is 5.89 Å². The minimum absolute atomic E-state index is 0.0450. The normalized spacial score (nSPS) is 18.9. The molecule has 0 bridgehead atoms. The van der Waals surface area contributed by atoms with Gasteiger partial charge in [-0.2, -0.15) is 0 Å². The van der Waals surface area contributed by atoms with Gasteiger partial charge >= 0.3 is 6.01 Å². The lowest BCUT2D eigenvalue weighted by molar-refractivity contribution is -0.121. The van der Waals surface area contributed by atoms with Crippen molar-refractivity contribution in [1.82, 2.24) is 14.5 Å². The number of amides is 1. The standard InChI is InChI=1S/C15H17ClN4O4S/c1-25(22,23)20-8-4-5-10(9-20)13(21)17-15-19-18-14(24-15)11-6-2-3-7-12(11)16/h2-3,6-7,10H,4-5,8-9H2,1H3,(H,17,19,21). The van der Waals surface area contributed by atoms with Crippen LogP contribution in [0.5, 0.6) is 0 Å². The van der Waals surface area contributed by atoms with Crippen LogP contribution >= 0.6 is 11.6 Å². The fraction of sp³-hybridized carbons (Fsp3) is 0.400. The number of aromatic nitrogens is 2. The van der Waals surface area contributed by atoms with E-state index in [1.165, 1.54) is 4.31 Å². The van der Waals surface area contributed by atoms with Crippen molar-refractivity contribution in [2.24, 2.45) is 5.92 Å². The van der Waals surface area contributed by atoms with Crippen LogP contribution in [0.3, 0.4) is 0 Å². The third kappa shape index (κ3) is 4.17. The van der Waals surface area contributed by atoms with Gasteiger partial charge in [0.2, 0.25) is 15.9 Å². The lowest BCUT2D eigenvalue weighted by Crippen LogP contribution is -2.43. The highest BCUT2D eigenvalue weighted by molar-refractivity contribution is 7.88. The van der Waals surface area contributed by atoms with Crippen molar-refractivity contribution >= 4 is 33.5 Å². The second-order valence-electron chi connectivity index (χ2n) is 5.84. The Morgan fingerprint density at radius 2 is 2.12 bits per heavy atom. The van der Waals surface area contributed by atoms with Crippen molar-refractivity contribution in [3.63, 3.8) is 0 Å². The number of halogens is 1. The third-order valence-electron chi connectivity index (χ3n) is 3.98. The number of carbonyl (C=O) groups is 1. The maximum Gasteiger partial charge on any atom is 0.322 e. The van der Waals surface area contributed by atoms with E-state index in [-0.39, 0.29) is 24.4 Å². The Morgan fingerprint density at radius 1 is 1.36 bits per heavy atom. The number of nitrogens with one attached hydrogen (secondary N) is 1. The van der Waals surface area contributed by atoms with Crippen LogP contribution in [-0.2, 0) is 14.8 Å². The summed E-state index contributed by atoms with van der Waals surface area (Å²) in [5.41, 5.74) is 0.568. The maximum atomic E-state index is 12.4. The van der Waals surface area contributed by atoms with E-state index in [1.807, 2.05) is 0 Å². The number of carbonyl (C=O) groups excluding carboxylic acids is 1. The van der Waals surface area contributed by atoms with Gasteiger partial charge < -0.3 is 4.42 Å². The molecule has 1 aromatic heterocycles. The lowest BCUT2D eigenvalue weighted by atomic mass is 9.99. The predicted octanol–water partition coefficient (Wildman–Crippen LogP) is 2.00. The van der Waals surface area contributed by atoms with E-state index in [2.05, 4.69) is 15.5 Å². The van der Waals surface area contributed by atoms with Crippen LogP contribution in [0.15, 0.2) is 28.7 Å². The summed E-state index contributed by atoms with van der Waals surface area (Å²) in [6.45, 7) is 0.579. The van der Waals surface area contributed by atoms with Crippen molar-refractivity contribution < 1.29 is 17.6 Å². The molecule has 25 heavy (non-hydrogen) atoms. The topological polar surface area (TPSA) is 105 Å². The molecule has 1 amide bonds. The molecule has 1 fully saturated rings. The Hall–Kier alpha value is -1.97. The van der Waals surface area contributed by atoms with E-state index in [9.17, 15) is 13.2 Å². The van der Waals surface area contributed by atoms with Crippen LogP contribution in [0, 0.1) is 5.92 Å². The lowest BCUT2D eigenvalue weighted by Gasteiger charge is -2.29. The molecule has 0 saturated carbocycles. The van der Waals surface area contributed by atoms with Crippen LogP contribution in [0.2, 0.25) is 5.02 Å². The zero-order valence-electron chi connectivity index (χ0n) is 13.5. The van der Waals surface area contributed by atoms with Gasteiger partial charge in [-0.05, 0) is 25.0 Å². The number of nitrogens with zero attached hydrogens (tertiary/aromatic N) is 3. The first-order valence-electron chi connectivity index (χ1n) is 7.69. The molecule has 1 unspecified atom stereocenters. The molecule has 1 atom stereocenters. The Bertz CT molecular complexity index is 883. The molecule has 0 aliphatic carbocycles. The van der Waals surface area contributed by atoms with Gasteiger partial charge in [-0.25, -0.2) is 12.7 Å². The van der Waals surface area contributed by atoms with Gasteiger partial charge in [-0.3, -0.25) is 10.1 Å². The van der Waals surface area contributed by atoms with Gasteiger partial charge in [-0.1, -0.05) is 28.8 Å². The average Bonchev–Trinajstić information content (AvgIpc) is 3.03. The molecular formula is C15H17ClN4O4S. The van der Waals surface area contributed by atoms with E-state index in [4.69, 9.17) is 16.0 Å². The molecule has 1 saturated heterocycles. The first-order valence-corrected chi connectivity index (χ1v) is 9.91. The maximum absolute atomic E-state index is 12.4. The van der Waals surface area contributed by atoms with Crippen molar-refractivity contribution in [3.8, 4) is 11.5 Å². The fourth-order valence-corrected chi connectivity index (χ4v) is 3.81. The fourth-order valence-electron chi connectivity index (χ4n) is 2.68. The molecule has 10 heteroatoms. The second kappa shape index (κ2) is 7.11. The van der Waals surface area contributed by atoms with Crippen LogP contribution in [0.25, 0.3) is 11.5 Å². The molecule has 0 spiro atoms. The minimum atomic E-state index is -3.31. The summed E-state index contributed by atoms with van der Waals surface area (Å²) >= 11 is 6.08. The van der Waals surface area contributed by atoms with Crippen LogP contribution in [-0.4, -0.2) is 48.2 Å². The summed E-state index contributed by atoms with van der Waals surface area (Å²) in [5.74, 6) is -0.607. The van der Waals surface area contributed by atoms with Crippen molar-refractivity contribution in [2.75, 3.05) is 24.7 Å². The third-order valence-corrected chi connectivity index (χ3v) is 5.58. The molecule has 1 aliphatic rings. The molecule has 2 aromatic rings. The SMILES string of the molecule is CS(=O)(=O)N1CCCC(C(=O)Nc2nnc(-c3ccccc3Cl)o2)C1. The number of hydrogen-bond donors (Lipinski definition) is 1. The molecule has 3 rings (SSSR count). The number of hydrogen-bond acceptors (Lipinski definition) is 6. The summed E-state index contributed by atoms with van der Waals surface area (Å²) in [7, 11) is -3.31. The predicted molar refractivity (Wildman–Crippen MR) is 92.5 cm³/mol. The Balaban J connectivity index is 1.69. The number of benzene rings is 1. The molecule has 1 aliphatic heterocycles. The largest absolute Gasteiger partial charge is 0.403 e. The monoisotopic (exact) mass is 384 g/mol. The molecule has 1 aromatic carbocycles. The van der Waals surface area contributed by atoms with Crippen molar-refractivity contribution in [1.29, 1.82) is 0 Å². The molecule has 8 nitrogen and oxygen atoms in total. The zero-order valence-corrected chi connectivity index (χ0v) is 15.0. The quantitative estimate of drug-likeness (QED) is 0.864. The highest BCUT2D eigenvalue weighted by Crippen LogP contribution is 2.27. The molecule has 0 radical (unpaired) electrons. The van der Waals surface area contributed by atoms with Crippen LogP contribution in [0.1, 0.15) is 12.8 Å². The van der Waals surface area contributed by atoms with E-state index in [0.29, 0.717) is 30.0 Å². The van der Waals surface area contributed by atoms with E-state index >= 15 is 0 Å².